The predicted molar refractivity (Wildman–Crippen MR) is 173 cm³/mol. The number of fused-ring (bicyclic) bond motifs is 1. The summed E-state index contributed by atoms with van der Waals surface area (Å²) in [4.78, 5) is 32.9. The van der Waals surface area contributed by atoms with Crippen LogP contribution in [0.2, 0.25) is 5.02 Å². The molecule has 0 amide bonds. The van der Waals surface area contributed by atoms with Gasteiger partial charge >= 0.3 is 5.97 Å². The van der Waals surface area contributed by atoms with Crippen molar-refractivity contribution in [2.24, 2.45) is 4.99 Å². The third-order valence-electron chi connectivity index (χ3n) is 6.89. The minimum absolute atomic E-state index is 0.198. The lowest BCUT2D eigenvalue weighted by Crippen LogP contribution is -2.40. The minimum atomic E-state index is -0.781. The number of hydrogen-bond acceptors (Lipinski definition) is 7. The minimum Gasteiger partial charge on any atom is -0.496 e. The molecule has 0 spiro atoms. The van der Waals surface area contributed by atoms with Gasteiger partial charge in [-0.25, -0.2) is 9.79 Å². The zero-order chi connectivity index (χ0) is 30.5. The van der Waals surface area contributed by atoms with Gasteiger partial charge in [-0.3, -0.25) is 9.36 Å². The lowest BCUT2D eigenvalue weighted by Gasteiger charge is -2.27. The number of nitrogens with zero attached hydrogens (tertiary/aromatic N) is 2. The van der Waals surface area contributed by atoms with Crippen LogP contribution in [0.25, 0.3) is 6.08 Å². The summed E-state index contributed by atoms with van der Waals surface area (Å²) in [6, 6.07) is 19.8. The molecule has 222 valence electrons. The summed E-state index contributed by atoms with van der Waals surface area (Å²) < 4.78 is 20.0. The highest BCUT2D eigenvalue weighted by Gasteiger charge is 2.36. The molecule has 0 radical (unpaired) electrons. The van der Waals surface area contributed by atoms with Gasteiger partial charge in [-0.1, -0.05) is 82.5 Å². The second kappa shape index (κ2) is 13.8. The van der Waals surface area contributed by atoms with E-state index in [1.807, 2.05) is 79.7 Å². The molecule has 10 heteroatoms. The highest BCUT2D eigenvalue weighted by atomic mass is 79.9. The number of halogens is 2. The number of allylic oxidation sites excluding steroid dienone is 1. The molecule has 4 aromatic rings. The summed E-state index contributed by atoms with van der Waals surface area (Å²) in [6.07, 6.45) is 3.13. The monoisotopic (exact) mass is 680 g/mol. The average molecular weight is 682 g/mol. The maximum absolute atomic E-state index is 14.1. The van der Waals surface area contributed by atoms with Gasteiger partial charge < -0.3 is 14.2 Å². The second-order valence-electron chi connectivity index (χ2n) is 9.75. The molecule has 0 aliphatic carbocycles. The molecule has 0 N–H and O–H groups in total. The molecule has 0 saturated carbocycles. The predicted octanol–water partition coefficient (Wildman–Crippen LogP) is 6.58. The highest BCUT2D eigenvalue weighted by molar-refractivity contribution is 9.10. The normalized spacial score (nSPS) is 14.7. The molecule has 0 bridgehead atoms. The van der Waals surface area contributed by atoms with Crippen molar-refractivity contribution < 1.29 is 19.0 Å². The average Bonchev–Trinajstić information content (AvgIpc) is 3.30. The second-order valence-corrected chi connectivity index (χ2v) is 12.1. The van der Waals surface area contributed by atoms with Crippen LogP contribution in [0.15, 0.2) is 92.3 Å². The lowest BCUT2D eigenvalue weighted by atomic mass is 9.93. The lowest BCUT2D eigenvalue weighted by molar-refractivity contribution is -0.139. The molecule has 43 heavy (non-hydrogen) atoms. The molecule has 1 aliphatic heterocycles. The van der Waals surface area contributed by atoms with Crippen LogP contribution in [0.1, 0.15) is 49.4 Å². The van der Waals surface area contributed by atoms with E-state index in [0.29, 0.717) is 55.7 Å². The molecule has 2 heterocycles. The van der Waals surface area contributed by atoms with Gasteiger partial charge in [0.15, 0.2) is 4.80 Å². The highest BCUT2D eigenvalue weighted by Crippen LogP contribution is 2.38. The molecule has 0 unspecified atom stereocenters. The fraction of sp³-hybridized carbons (Fsp3) is 0.242. The van der Waals surface area contributed by atoms with Gasteiger partial charge in [-0.05, 0) is 61.4 Å². The Bertz CT molecular complexity index is 1880. The van der Waals surface area contributed by atoms with Gasteiger partial charge in [0.2, 0.25) is 0 Å². The van der Waals surface area contributed by atoms with E-state index in [9.17, 15) is 9.59 Å². The number of rotatable bonds is 10. The van der Waals surface area contributed by atoms with E-state index < -0.39 is 12.0 Å². The van der Waals surface area contributed by atoms with Crippen LogP contribution in [-0.4, -0.2) is 24.3 Å². The number of thiazole rings is 1. The SMILES string of the molecule is CCCC1=C(C(=O)OCC)[C@@H](c2cc(Br)ccc2OC)n2c(s/c(=C/c3cccc(OCc4ccccc4Cl)c3)c2=O)=N1. The first-order chi connectivity index (χ1) is 20.8. The quantitative estimate of drug-likeness (QED) is 0.177. The van der Waals surface area contributed by atoms with Crippen LogP contribution in [0.3, 0.4) is 0 Å². The molecule has 5 rings (SSSR count). The van der Waals surface area contributed by atoms with Crippen molar-refractivity contribution in [3.8, 4) is 11.5 Å². The van der Waals surface area contributed by atoms with Crippen molar-refractivity contribution in [3.63, 3.8) is 0 Å². The van der Waals surface area contributed by atoms with Crippen molar-refractivity contribution in [2.75, 3.05) is 13.7 Å². The van der Waals surface area contributed by atoms with Crippen molar-refractivity contribution in [2.45, 2.75) is 39.3 Å². The van der Waals surface area contributed by atoms with E-state index in [2.05, 4.69) is 15.9 Å². The maximum atomic E-state index is 14.1. The van der Waals surface area contributed by atoms with Crippen LogP contribution in [0.4, 0.5) is 0 Å². The van der Waals surface area contributed by atoms with E-state index in [4.69, 9.17) is 30.8 Å². The van der Waals surface area contributed by atoms with E-state index >= 15 is 0 Å². The summed E-state index contributed by atoms with van der Waals surface area (Å²) in [5.41, 5.74) is 3.01. The zero-order valence-corrected chi connectivity index (χ0v) is 27.1. The van der Waals surface area contributed by atoms with E-state index in [1.165, 1.54) is 11.3 Å². The zero-order valence-electron chi connectivity index (χ0n) is 23.9. The number of methoxy groups -OCH3 is 1. The first kappa shape index (κ1) is 30.8. The number of aromatic nitrogens is 1. The van der Waals surface area contributed by atoms with Crippen LogP contribution < -0.4 is 24.4 Å². The Hall–Kier alpha value is -3.66. The molecular weight excluding hydrogens is 652 g/mol. The van der Waals surface area contributed by atoms with Crippen molar-refractivity contribution >= 4 is 50.9 Å². The molecule has 0 saturated heterocycles. The summed E-state index contributed by atoms with van der Waals surface area (Å²) >= 11 is 11.1. The van der Waals surface area contributed by atoms with E-state index in [1.54, 1.807) is 18.6 Å². The van der Waals surface area contributed by atoms with E-state index in [0.717, 1.165) is 22.0 Å². The van der Waals surface area contributed by atoms with Crippen LogP contribution in [0.5, 0.6) is 11.5 Å². The maximum Gasteiger partial charge on any atom is 0.338 e. The fourth-order valence-electron chi connectivity index (χ4n) is 4.96. The van der Waals surface area contributed by atoms with Crippen LogP contribution in [-0.2, 0) is 16.1 Å². The third-order valence-corrected chi connectivity index (χ3v) is 8.73. The number of hydrogen-bond donors (Lipinski definition) is 0. The Morgan fingerprint density at radius 3 is 2.67 bits per heavy atom. The summed E-state index contributed by atoms with van der Waals surface area (Å²) in [6.45, 7) is 4.30. The first-order valence-electron chi connectivity index (χ1n) is 13.9. The van der Waals surface area contributed by atoms with Gasteiger partial charge in [0.25, 0.3) is 5.56 Å². The number of benzene rings is 3. The Kier molecular flexibility index (Phi) is 9.85. The molecule has 1 aliphatic rings. The molecular formula is C33H30BrClN2O5S. The number of esters is 1. The Morgan fingerprint density at radius 2 is 1.93 bits per heavy atom. The van der Waals surface area contributed by atoms with Gasteiger partial charge in [0, 0.05) is 20.6 Å². The third kappa shape index (κ3) is 6.64. The standard InChI is InChI=1S/C33H30BrClN2O5S/c1-4-9-26-29(32(39)41-5-2)30(24-18-22(34)14-15-27(24)40-3)37-31(38)28(43-33(37)36-26)17-20-10-8-12-23(16-20)42-19-21-11-6-7-13-25(21)35/h6-8,10-18,30H,4-5,9,19H2,1-3H3/b28-17+/t30-/m1/s1. The Balaban J connectivity index is 1.63. The number of ether oxygens (including phenoxy) is 3. The van der Waals surface area contributed by atoms with Crippen LogP contribution >= 0.6 is 38.9 Å². The van der Waals surface area contributed by atoms with Crippen molar-refractivity contribution in [3.05, 3.63) is 124 Å². The molecule has 3 aromatic carbocycles. The summed E-state index contributed by atoms with van der Waals surface area (Å²) in [5, 5.41) is 0.640. The number of carbonyl (C=O) groups is 1. The van der Waals surface area contributed by atoms with Gasteiger partial charge in [-0.15, -0.1) is 0 Å². The van der Waals surface area contributed by atoms with Crippen molar-refractivity contribution in [1.82, 2.24) is 4.57 Å². The number of carbonyl (C=O) groups excluding carboxylic acids is 1. The molecule has 1 aromatic heterocycles. The Labute approximate surface area is 266 Å². The van der Waals surface area contributed by atoms with Gasteiger partial charge in [0.05, 0.1) is 29.5 Å². The van der Waals surface area contributed by atoms with E-state index in [-0.39, 0.29) is 12.2 Å². The van der Waals surface area contributed by atoms with Gasteiger partial charge in [-0.2, -0.15) is 0 Å². The molecule has 1 atom stereocenters. The summed E-state index contributed by atoms with van der Waals surface area (Å²) in [7, 11) is 1.57. The molecule has 0 fully saturated rings. The van der Waals surface area contributed by atoms with Crippen LogP contribution in [0, 0.1) is 0 Å². The largest absolute Gasteiger partial charge is 0.496 e. The Morgan fingerprint density at radius 1 is 1.12 bits per heavy atom. The smallest absolute Gasteiger partial charge is 0.338 e. The first-order valence-corrected chi connectivity index (χ1v) is 15.8. The van der Waals surface area contributed by atoms with Crippen molar-refractivity contribution in [1.29, 1.82) is 0 Å². The summed E-state index contributed by atoms with van der Waals surface area (Å²) in [5.74, 6) is 0.693. The van der Waals surface area contributed by atoms with Gasteiger partial charge in [0.1, 0.15) is 24.1 Å². The molecule has 7 nitrogen and oxygen atoms in total. The topological polar surface area (TPSA) is 79.1 Å². The fourth-order valence-corrected chi connectivity index (χ4v) is 6.55.